The Morgan fingerprint density at radius 3 is 2.52 bits per heavy atom. The quantitative estimate of drug-likeness (QED) is 0.804. The zero-order chi connectivity index (χ0) is 15.3. The van der Waals surface area contributed by atoms with E-state index >= 15 is 0 Å². The van der Waals surface area contributed by atoms with Crippen LogP contribution in [0.4, 0.5) is 0 Å². The first kappa shape index (κ1) is 15.8. The van der Waals surface area contributed by atoms with Crippen molar-refractivity contribution in [3.8, 4) is 0 Å². The molecule has 0 aliphatic heterocycles. The molecule has 2 rings (SSSR count). The number of amides is 1. The van der Waals surface area contributed by atoms with Gasteiger partial charge >= 0.3 is 0 Å². The summed E-state index contributed by atoms with van der Waals surface area (Å²) in [6.07, 6.45) is 8.37. The summed E-state index contributed by atoms with van der Waals surface area (Å²) in [5.74, 6) is 0.114. The van der Waals surface area contributed by atoms with Crippen molar-refractivity contribution in [3.63, 3.8) is 0 Å². The highest BCUT2D eigenvalue weighted by Gasteiger charge is 2.29. The third-order valence-corrected chi connectivity index (χ3v) is 4.46. The fourth-order valence-corrected chi connectivity index (χ4v) is 2.79. The molecule has 1 aromatic carbocycles. The van der Waals surface area contributed by atoms with E-state index in [1.54, 1.807) is 0 Å². The van der Waals surface area contributed by atoms with E-state index in [9.17, 15) is 4.79 Å². The first-order valence-electron chi connectivity index (χ1n) is 8.03. The van der Waals surface area contributed by atoms with Crippen LogP contribution in [0.15, 0.2) is 35.9 Å². The maximum atomic E-state index is 12.5. The number of rotatable bonds is 5. The van der Waals surface area contributed by atoms with Gasteiger partial charge in [0.2, 0.25) is 5.91 Å². The average Bonchev–Trinajstić information content (AvgIpc) is 2.48. The van der Waals surface area contributed by atoms with Crippen LogP contribution in [0.2, 0.25) is 0 Å². The van der Waals surface area contributed by atoms with Crippen molar-refractivity contribution in [1.29, 1.82) is 0 Å². The lowest BCUT2D eigenvalue weighted by Crippen LogP contribution is -2.40. The van der Waals surface area contributed by atoms with Gasteiger partial charge in [-0.05, 0) is 58.4 Å². The third kappa shape index (κ3) is 4.20. The fraction of sp³-hybridized carbons (Fsp3) is 0.526. The lowest BCUT2D eigenvalue weighted by molar-refractivity contribution is -0.125. The van der Waals surface area contributed by atoms with Crippen LogP contribution in [0, 0.1) is 6.92 Å². The number of carbonyl (C=O) groups is 1. The van der Waals surface area contributed by atoms with Crippen molar-refractivity contribution >= 4 is 5.91 Å². The summed E-state index contributed by atoms with van der Waals surface area (Å²) >= 11 is 0. The molecule has 0 spiro atoms. The Morgan fingerprint density at radius 2 is 1.90 bits per heavy atom. The Labute approximate surface area is 128 Å². The highest BCUT2D eigenvalue weighted by Crippen LogP contribution is 2.24. The molecule has 21 heavy (non-hydrogen) atoms. The molecule has 1 aliphatic rings. The zero-order valence-electron chi connectivity index (χ0n) is 13.5. The molecular weight excluding hydrogens is 258 g/mol. The van der Waals surface area contributed by atoms with Gasteiger partial charge in [0, 0.05) is 6.54 Å². The van der Waals surface area contributed by atoms with Gasteiger partial charge in [0.25, 0.3) is 0 Å². The van der Waals surface area contributed by atoms with Gasteiger partial charge in [0.05, 0.1) is 5.41 Å². The van der Waals surface area contributed by atoms with Crippen LogP contribution >= 0.6 is 0 Å². The van der Waals surface area contributed by atoms with Crippen LogP contribution in [-0.2, 0) is 10.2 Å². The maximum absolute atomic E-state index is 12.5. The van der Waals surface area contributed by atoms with Gasteiger partial charge in [-0.3, -0.25) is 4.79 Å². The van der Waals surface area contributed by atoms with Gasteiger partial charge in [-0.15, -0.1) is 0 Å². The number of nitrogens with one attached hydrogen (secondary N) is 1. The highest BCUT2D eigenvalue weighted by molar-refractivity contribution is 5.87. The molecule has 0 saturated heterocycles. The number of hydrogen-bond acceptors (Lipinski definition) is 1. The van der Waals surface area contributed by atoms with E-state index in [1.165, 1.54) is 36.8 Å². The van der Waals surface area contributed by atoms with Gasteiger partial charge in [-0.25, -0.2) is 0 Å². The third-order valence-electron chi connectivity index (χ3n) is 4.46. The second-order valence-corrected chi connectivity index (χ2v) is 6.61. The van der Waals surface area contributed by atoms with Gasteiger partial charge in [-0.1, -0.05) is 41.5 Å². The molecule has 0 aromatic heterocycles. The standard InChI is InChI=1S/C19H27NO/c1-15-9-11-17(12-10-15)19(2,3)18(21)20-14-13-16-7-5-4-6-8-16/h7,9-12H,4-6,8,13-14H2,1-3H3,(H,20,21). The molecule has 2 heteroatoms. The van der Waals surface area contributed by atoms with Crippen molar-refractivity contribution in [1.82, 2.24) is 5.32 Å². The first-order chi connectivity index (χ1) is 10.00. The molecule has 0 atom stereocenters. The number of hydrogen-bond donors (Lipinski definition) is 1. The van der Waals surface area contributed by atoms with Crippen LogP contribution in [0.25, 0.3) is 0 Å². The summed E-state index contributed by atoms with van der Waals surface area (Å²) in [7, 11) is 0. The van der Waals surface area contributed by atoms with Crippen molar-refractivity contribution in [3.05, 3.63) is 47.0 Å². The zero-order valence-corrected chi connectivity index (χ0v) is 13.5. The van der Waals surface area contributed by atoms with Gasteiger partial charge < -0.3 is 5.32 Å². The lowest BCUT2D eigenvalue weighted by Gasteiger charge is -2.24. The summed E-state index contributed by atoms with van der Waals surface area (Å²) in [4.78, 5) is 12.5. The predicted molar refractivity (Wildman–Crippen MR) is 88.4 cm³/mol. The molecule has 1 aliphatic carbocycles. The lowest BCUT2D eigenvalue weighted by atomic mass is 9.83. The number of carbonyl (C=O) groups excluding carboxylic acids is 1. The normalized spacial score (nSPS) is 15.5. The van der Waals surface area contributed by atoms with E-state index in [0.29, 0.717) is 0 Å². The molecule has 0 radical (unpaired) electrons. The van der Waals surface area contributed by atoms with Crippen molar-refractivity contribution < 1.29 is 4.79 Å². The van der Waals surface area contributed by atoms with E-state index in [1.807, 2.05) is 13.8 Å². The molecule has 2 nitrogen and oxygen atoms in total. The minimum Gasteiger partial charge on any atom is -0.355 e. The molecule has 0 bridgehead atoms. The second kappa shape index (κ2) is 6.93. The van der Waals surface area contributed by atoms with Crippen LogP contribution in [-0.4, -0.2) is 12.5 Å². The monoisotopic (exact) mass is 285 g/mol. The van der Waals surface area contributed by atoms with Gasteiger partial charge in [-0.2, -0.15) is 0 Å². The van der Waals surface area contributed by atoms with Crippen molar-refractivity contribution in [2.24, 2.45) is 0 Å². The Balaban J connectivity index is 1.89. The van der Waals surface area contributed by atoms with Gasteiger partial charge in [0.1, 0.15) is 0 Å². The van der Waals surface area contributed by atoms with Crippen LogP contribution < -0.4 is 5.32 Å². The Kier molecular flexibility index (Phi) is 5.22. The Morgan fingerprint density at radius 1 is 1.19 bits per heavy atom. The summed E-state index contributed by atoms with van der Waals surface area (Å²) < 4.78 is 0. The SMILES string of the molecule is Cc1ccc(C(C)(C)C(=O)NCCC2=CCCCC2)cc1. The van der Waals surface area contributed by atoms with E-state index in [-0.39, 0.29) is 5.91 Å². The summed E-state index contributed by atoms with van der Waals surface area (Å²) in [6, 6.07) is 8.24. The minimum absolute atomic E-state index is 0.114. The van der Waals surface area contributed by atoms with Crippen molar-refractivity contribution in [2.75, 3.05) is 6.54 Å². The summed E-state index contributed by atoms with van der Waals surface area (Å²) in [6.45, 7) is 6.80. The molecule has 0 saturated carbocycles. The number of aryl methyl sites for hydroxylation is 1. The highest BCUT2D eigenvalue weighted by atomic mass is 16.2. The smallest absolute Gasteiger partial charge is 0.230 e. The van der Waals surface area contributed by atoms with Crippen molar-refractivity contribution in [2.45, 2.75) is 58.3 Å². The summed E-state index contributed by atoms with van der Waals surface area (Å²) in [5, 5.41) is 3.10. The fourth-order valence-electron chi connectivity index (χ4n) is 2.79. The molecule has 114 valence electrons. The molecule has 1 amide bonds. The van der Waals surface area contributed by atoms with Gasteiger partial charge in [0.15, 0.2) is 0 Å². The average molecular weight is 285 g/mol. The molecule has 0 fully saturated rings. The number of benzene rings is 1. The van der Waals surface area contributed by atoms with Crippen LogP contribution in [0.1, 0.15) is 57.1 Å². The predicted octanol–water partition coefficient (Wildman–Crippen LogP) is 4.28. The van der Waals surface area contributed by atoms with E-state index in [2.05, 4.69) is 42.6 Å². The first-order valence-corrected chi connectivity index (χ1v) is 8.03. The second-order valence-electron chi connectivity index (χ2n) is 6.61. The summed E-state index contributed by atoms with van der Waals surface area (Å²) in [5.41, 5.74) is 3.32. The minimum atomic E-state index is -0.478. The van der Waals surface area contributed by atoms with E-state index in [4.69, 9.17) is 0 Å². The molecule has 1 aromatic rings. The number of allylic oxidation sites excluding steroid dienone is 1. The van der Waals surface area contributed by atoms with Crippen LogP contribution in [0.3, 0.4) is 0 Å². The Bertz CT molecular complexity index is 511. The van der Waals surface area contributed by atoms with Crippen LogP contribution in [0.5, 0.6) is 0 Å². The molecule has 0 unspecified atom stereocenters. The van der Waals surface area contributed by atoms with E-state index in [0.717, 1.165) is 18.5 Å². The molecule has 0 heterocycles. The molecular formula is C19H27NO. The van der Waals surface area contributed by atoms with E-state index < -0.39 is 5.41 Å². The maximum Gasteiger partial charge on any atom is 0.230 e. The Hall–Kier alpha value is -1.57. The topological polar surface area (TPSA) is 29.1 Å². The molecule has 1 N–H and O–H groups in total. The largest absolute Gasteiger partial charge is 0.355 e.